The summed E-state index contributed by atoms with van der Waals surface area (Å²) in [7, 11) is 0. The van der Waals surface area contributed by atoms with Gasteiger partial charge in [0.1, 0.15) is 0 Å². The van der Waals surface area contributed by atoms with Crippen molar-refractivity contribution in [1.82, 2.24) is 15.2 Å². The Kier molecular flexibility index (Phi) is 3.13. The highest BCUT2D eigenvalue weighted by Gasteiger charge is 2.13. The zero-order chi connectivity index (χ0) is 13.2. The van der Waals surface area contributed by atoms with Crippen LogP contribution in [0.1, 0.15) is 17.7 Å². The van der Waals surface area contributed by atoms with Crippen molar-refractivity contribution in [2.75, 3.05) is 5.73 Å². The van der Waals surface area contributed by atoms with Crippen LogP contribution >= 0.6 is 11.8 Å². The van der Waals surface area contributed by atoms with Crippen molar-refractivity contribution < 1.29 is 0 Å². The SMILES string of the molecule is C[C@H](Sc1n[nH]c(N)n1)c1cccc2ccccc12. The van der Waals surface area contributed by atoms with E-state index in [1.165, 1.54) is 16.3 Å². The Labute approximate surface area is 115 Å². The van der Waals surface area contributed by atoms with Crippen LogP contribution in [0.2, 0.25) is 0 Å². The van der Waals surface area contributed by atoms with Gasteiger partial charge in [-0.1, -0.05) is 54.2 Å². The molecule has 0 amide bonds. The van der Waals surface area contributed by atoms with Crippen LogP contribution in [0.25, 0.3) is 10.8 Å². The van der Waals surface area contributed by atoms with Crippen molar-refractivity contribution >= 4 is 28.5 Å². The van der Waals surface area contributed by atoms with Crippen LogP contribution in [0.15, 0.2) is 47.6 Å². The van der Waals surface area contributed by atoms with E-state index >= 15 is 0 Å². The predicted molar refractivity (Wildman–Crippen MR) is 79.0 cm³/mol. The lowest BCUT2D eigenvalue weighted by Crippen LogP contribution is -1.91. The number of nitrogens with one attached hydrogen (secondary N) is 1. The molecule has 1 aromatic heterocycles. The zero-order valence-electron chi connectivity index (χ0n) is 10.5. The zero-order valence-corrected chi connectivity index (χ0v) is 11.3. The van der Waals surface area contributed by atoms with Gasteiger partial charge in [-0.3, -0.25) is 0 Å². The lowest BCUT2D eigenvalue weighted by molar-refractivity contribution is 0.961. The number of aromatic nitrogens is 3. The van der Waals surface area contributed by atoms with Gasteiger partial charge in [0.2, 0.25) is 11.1 Å². The van der Waals surface area contributed by atoms with Crippen LogP contribution in [0.3, 0.4) is 0 Å². The summed E-state index contributed by atoms with van der Waals surface area (Å²) in [6, 6.07) is 14.8. The number of hydrogen-bond donors (Lipinski definition) is 2. The van der Waals surface area contributed by atoms with Gasteiger partial charge in [-0.15, -0.1) is 5.10 Å². The van der Waals surface area contributed by atoms with E-state index in [1.54, 1.807) is 11.8 Å². The maximum absolute atomic E-state index is 5.54. The van der Waals surface area contributed by atoms with Gasteiger partial charge in [0, 0.05) is 5.25 Å². The number of benzene rings is 2. The standard InChI is InChI=1S/C14H14N4S/c1-9(19-14-16-13(15)17-18-14)11-8-4-6-10-5-2-3-7-12(10)11/h2-9H,1H3,(H3,15,16,17,18)/t9-/m0/s1. The summed E-state index contributed by atoms with van der Waals surface area (Å²) in [4.78, 5) is 4.13. The van der Waals surface area contributed by atoms with Gasteiger partial charge in [0.15, 0.2) is 0 Å². The maximum atomic E-state index is 5.54. The normalized spacial score (nSPS) is 12.7. The van der Waals surface area contributed by atoms with Crippen LogP contribution in [0, 0.1) is 0 Å². The van der Waals surface area contributed by atoms with E-state index in [2.05, 4.69) is 64.6 Å². The molecule has 0 radical (unpaired) electrons. The molecule has 0 aliphatic carbocycles. The summed E-state index contributed by atoms with van der Waals surface area (Å²) >= 11 is 1.60. The predicted octanol–water partition coefficient (Wildman–Crippen LogP) is 3.39. The second kappa shape index (κ2) is 4.93. The van der Waals surface area contributed by atoms with E-state index in [-0.39, 0.29) is 5.25 Å². The Balaban J connectivity index is 1.95. The maximum Gasteiger partial charge on any atom is 0.216 e. The summed E-state index contributed by atoms with van der Waals surface area (Å²) in [5.74, 6) is 0.354. The molecule has 0 bridgehead atoms. The summed E-state index contributed by atoms with van der Waals surface area (Å²) < 4.78 is 0. The third kappa shape index (κ3) is 2.42. The number of H-pyrrole nitrogens is 1. The van der Waals surface area contributed by atoms with E-state index in [9.17, 15) is 0 Å². The van der Waals surface area contributed by atoms with Crippen molar-refractivity contribution in [1.29, 1.82) is 0 Å². The van der Waals surface area contributed by atoms with Gasteiger partial charge in [-0.05, 0) is 23.3 Å². The van der Waals surface area contributed by atoms with Gasteiger partial charge < -0.3 is 5.73 Å². The van der Waals surface area contributed by atoms with E-state index < -0.39 is 0 Å². The summed E-state index contributed by atoms with van der Waals surface area (Å²) in [5, 5.41) is 10.2. The first kappa shape index (κ1) is 12.0. The molecule has 2 aromatic carbocycles. The second-order valence-corrected chi connectivity index (χ2v) is 5.64. The van der Waals surface area contributed by atoms with E-state index in [1.807, 2.05) is 0 Å². The van der Waals surface area contributed by atoms with Crippen molar-refractivity contribution in [3.8, 4) is 0 Å². The quantitative estimate of drug-likeness (QED) is 0.716. The Bertz CT molecular complexity index is 702. The molecule has 0 saturated heterocycles. The second-order valence-electron chi connectivity index (χ2n) is 4.33. The topological polar surface area (TPSA) is 67.6 Å². The minimum atomic E-state index is 0.265. The third-order valence-electron chi connectivity index (χ3n) is 3.03. The fourth-order valence-corrected chi connectivity index (χ4v) is 3.04. The number of nitrogen functional groups attached to an aromatic ring is 1. The number of hydrogen-bond acceptors (Lipinski definition) is 4. The molecule has 19 heavy (non-hydrogen) atoms. The lowest BCUT2D eigenvalue weighted by atomic mass is 10.0. The Morgan fingerprint density at radius 3 is 2.74 bits per heavy atom. The summed E-state index contributed by atoms with van der Waals surface area (Å²) in [6.07, 6.45) is 0. The van der Waals surface area contributed by atoms with Gasteiger partial charge in [-0.2, -0.15) is 4.98 Å². The molecule has 0 saturated carbocycles. The van der Waals surface area contributed by atoms with Gasteiger partial charge >= 0.3 is 0 Å². The highest BCUT2D eigenvalue weighted by atomic mass is 32.2. The molecule has 1 heterocycles. The monoisotopic (exact) mass is 270 g/mol. The minimum absolute atomic E-state index is 0.265. The molecule has 96 valence electrons. The van der Waals surface area contributed by atoms with Crippen LogP contribution in [-0.2, 0) is 0 Å². The Hall–Kier alpha value is -2.01. The van der Waals surface area contributed by atoms with Crippen LogP contribution in [0.5, 0.6) is 0 Å². The molecule has 3 rings (SSSR count). The van der Waals surface area contributed by atoms with E-state index in [0.29, 0.717) is 11.1 Å². The number of nitrogens with zero attached hydrogens (tertiary/aromatic N) is 2. The van der Waals surface area contributed by atoms with Crippen molar-refractivity contribution in [3.05, 3.63) is 48.0 Å². The molecular weight excluding hydrogens is 256 g/mol. The van der Waals surface area contributed by atoms with Gasteiger partial charge in [0.05, 0.1) is 0 Å². The molecule has 5 heteroatoms. The van der Waals surface area contributed by atoms with E-state index in [0.717, 1.165) is 0 Å². The Morgan fingerprint density at radius 1 is 1.16 bits per heavy atom. The molecule has 3 N–H and O–H groups in total. The minimum Gasteiger partial charge on any atom is -0.368 e. The highest BCUT2D eigenvalue weighted by molar-refractivity contribution is 7.99. The first-order valence-corrected chi connectivity index (χ1v) is 6.94. The summed E-state index contributed by atoms with van der Waals surface area (Å²) in [5.41, 5.74) is 6.82. The molecule has 0 fully saturated rings. The van der Waals surface area contributed by atoms with Gasteiger partial charge in [-0.25, -0.2) is 5.10 Å². The molecule has 1 atom stereocenters. The average molecular weight is 270 g/mol. The highest BCUT2D eigenvalue weighted by Crippen LogP contribution is 2.36. The smallest absolute Gasteiger partial charge is 0.216 e. The molecular formula is C14H14N4S. The number of rotatable bonds is 3. The fraction of sp³-hybridized carbons (Fsp3) is 0.143. The molecule has 0 unspecified atom stereocenters. The number of thioether (sulfide) groups is 1. The van der Waals surface area contributed by atoms with Crippen molar-refractivity contribution in [2.24, 2.45) is 0 Å². The van der Waals surface area contributed by atoms with Crippen molar-refractivity contribution in [3.63, 3.8) is 0 Å². The Morgan fingerprint density at radius 2 is 1.95 bits per heavy atom. The largest absolute Gasteiger partial charge is 0.368 e. The van der Waals surface area contributed by atoms with Crippen LogP contribution in [-0.4, -0.2) is 15.2 Å². The number of aromatic amines is 1. The average Bonchev–Trinajstić information content (AvgIpc) is 2.83. The first-order valence-electron chi connectivity index (χ1n) is 6.06. The molecule has 0 aliphatic heterocycles. The molecule has 0 spiro atoms. The number of anilines is 1. The molecule has 4 nitrogen and oxygen atoms in total. The number of nitrogens with two attached hydrogens (primary N) is 1. The third-order valence-corrected chi connectivity index (χ3v) is 4.03. The lowest BCUT2D eigenvalue weighted by Gasteiger charge is -2.12. The van der Waals surface area contributed by atoms with Crippen LogP contribution < -0.4 is 5.73 Å². The number of fused-ring (bicyclic) bond motifs is 1. The van der Waals surface area contributed by atoms with Gasteiger partial charge in [0.25, 0.3) is 0 Å². The van der Waals surface area contributed by atoms with Crippen LogP contribution in [0.4, 0.5) is 5.95 Å². The van der Waals surface area contributed by atoms with E-state index in [4.69, 9.17) is 5.73 Å². The first-order chi connectivity index (χ1) is 9.24. The molecule has 0 aliphatic rings. The summed E-state index contributed by atoms with van der Waals surface area (Å²) in [6.45, 7) is 2.15. The van der Waals surface area contributed by atoms with Crippen molar-refractivity contribution in [2.45, 2.75) is 17.3 Å². The fourth-order valence-electron chi connectivity index (χ4n) is 2.14. The molecule has 3 aromatic rings.